The summed E-state index contributed by atoms with van der Waals surface area (Å²) in [4.78, 5) is 56.0. The number of benzene rings is 1. The maximum absolute atomic E-state index is 13.8. The Balaban J connectivity index is -0.00000222. The highest BCUT2D eigenvalue weighted by molar-refractivity contribution is 6.43. The summed E-state index contributed by atoms with van der Waals surface area (Å²) in [5.74, 6) is -2.06. The largest absolute Gasteiger partial charge is 0.504 e. The summed E-state index contributed by atoms with van der Waals surface area (Å²) in [6, 6.07) is 5.38. The van der Waals surface area contributed by atoms with Gasteiger partial charge in [-0.3, -0.25) is 24.8 Å². The van der Waals surface area contributed by atoms with Gasteiger partial charge in [-0.15, -0.1) is 0 Å². The molecule has 0 aliphatic rings. The Kier molecular flexibility index (Phi) is 30.1. The predicted octanol–water partition coefficient (Wildman–Crippen LogP) is 7.91. The number of nitrogens with zero attached hydrogens (tertiary/aromatic N) is 4. The first-order chi connectivity index (χ1) is 25.1. The van der Waals surface area contributed by atoms with E-state index in [1.165, 1.54) is 25.1 Å². The smallest absolute Gasteiger partial charge is 0.289 e. The average molecular weight is 738 g/mol. The van der Waals surface area contributed by atoms with Crippen LogP contribution in [-0.4, -0.2) is 83.6 Å². The molecular formula is C41H67N7O5. The van der Waals surface area contributed by atoms with E-state index in [1.807, 2.05) is 67.5 Å². The topological polar surface area (TPSA) is 168 Å². The molecule has 0 saturated carbocycles. The van der Waals surface area contributed by atoms with Crippen LogP contribution in [0.25, 0.3) is 0 Å². The number of hydrogen-bond acceptors (Lipinski definition) is 10. The van der Waals surface area contributed by atoms with Crippen LogP contribution in [0, 0.1) is 18.3 Å². The standard InChI is InChI=1S/C31H43N7O5.C5H10.C3H8.C2H6/c1-9-25(37(10-2)16-17-39)28(38(11-3)15-14-34-30(42)26(32)29(41)22(7)33-8)31(43)36-35-27(20(4)5)23-13-12-21(6)24(18-23)19-40;1-4-5(2)3;1-3-2;1-2/h10,12-13,17-20,32,41H,2,8-9,11,14-16H2,1,3-7H3,(H,34,42)(H,36,43);4H,1-3H3;3H2,1-2H3;1-2H3/b28-25+,29-22+,32-26?,35-27+;;;. The van der Waals surface area contributed by atoms with Gasteiger partial charge >= 0.3 is 0 Å². The number of hydrazone groups is 1. The molecule has 0 aliphatic carbocycles. The van der Waals surface area contributed by atoms with Gasteiger partial charge in [-0.05, 0) is 84.0 Å². The molecule has 12 heteroatoms. The first kappa shape index (κ1) is 52.2. The summed E-state index contributed by atoms with van der Waals surface area (Å²) in [7, 11) is 0. The maximum Gasteiger partial charge on any atom is 0.289 e. The van der Waals surface area contributed by atoms with Gasteiger partial charge in [0.2, 0.25) is 0 Å². The van der Waals surface area contributed by atoms with Gasteiger partial charge in [0.15, 0.2) is 11.5 Å². The van der Waals surface area contributed by atoms with Gasteiger partial charge in [-0.25, -0.2) is 5.43 Å². The van der Waals surface area contributed by atoms with Crippen LogP contribution in [0.1, 0.15) is 117 Å². The number of aryl methyl sites for hydroxylation is 1. The highest BCUT2D eigenvalue weighted by atomic mass is 16.3. The second-order valence-electron chi connectivity index (χ2n) is 11.8. The molecule has 2 amide bonds. The third-order valence-corrected chi connectivity index (χ3v) is 7.17. The Morgan fingerprint density at radius 2 is 1.62 bits per heavy atom. The molecule has 0 aliphatic heterocycles. The molecule has 296 valence electrons. The van der Waals surface area contributed by atoms with Crippen molar-refractivity contribution < 1.29 is 24.3 Å². The zero-order valence-electron chi connectivity index (χ0n) is 34.6. The van der Waals surface area contributed by atoms with Gasteiger partial charge in [0.25, 0.3) is 11.8 Å². The Bertz CT molecular complexity index is 1470. The Morgan fingerprint density at radius 1 is 1.06 bits per heavy atom. The number of aldehydes is 2. The molecule has 0 saturated heterocycles. The predicted molar refractivity (Wildman–Crippen MR) is 222 cm³/mol. The van der Waals surface area contributed by atoms with Gasteiger partial charge in [-0.2, -0.15) is 5.10 Å². The van der Waals surface area contributed by atoms with Crippen LogP contribution in [-0.2, 0) is 14.4 Å². The van der Waals surface area contributed by atoms with E-state index in [0.717, 1.165) is 11.8 Å². The molecule has 0 spiro atoms. The van der Waals surface area contributed by atoms with Crippen molar-refractivity contribution in [2.45, 2.75) is 103 Å². The third-order valence-electron chi connectivity index (χ3n) is 7.17. The summed E-state index contributed by atoms with van der Waals surface area (Å²) in [5, 5.41) is 24.9. The van der Waals surface area contributed by atoms with Gasteiger partial charge in [-0.1, -0.05) is 85.2 Å². The second kappa shape index (κ2) is 30.5. The fraction of sp³-hybridized carbons (Fsp3) is 0.488. The number of aliphatic hydroxyl groups excluding tert-OH is 1. The molecule has 0 radical (unpaired) electrons. The van der Waals surface area contributed by atoms with Gasteiger partial charge in [0.1, 0.15) is 18.3 Å². The van der Waals surface area contributed by atoms with Gasteiger partial charge < -0.3 is 25.0 Å². The Hall–Kier alpha value is -5.13. The SMILES string of the molecule is C=CN(CC=O)/C(CC)=C(\C(=O)N/N=C(/c1ccc(C)c(C=O)c1)C(C)C)N(CC)CCNC(=O)C(=N)/C(O)=C(/C)N=C.CC.CC=C(C)C.CCC. The third kappa shape index (κ3) is 19.3. The number of carbonyl (C=O) groups is 4. The number of rotatable bonds is 18. The van der Waals surface area contributed by atoms with Gasteiger partial charge in [0.05, 0.1) is 18.0 Å². The molecule has 0 fully saturated rings. The average Bonchev–Trinajstić information content (AvgIpc) is 3.15. The first-order valence-electron chi connectivity index (χ1n) is 18.2. The fourth-order valence-electron chi connectivity index (χ4n) is 4.14. The zero-order chi connectivity index (χ0) is 41.7. The molecule has 4 N–H and O–H groups in total. The number of likely N-dealkylation sites (N-methyl/N-ethyl adjacent to an activating group) is 1. The van der Waals surface area contributed by atoms with E-state index in [-0.39, 0.29) is 36.9 Å². The summed E-state index contributed by atoms with van der Waals surface area (Å²) in [6.07, 6.45) is 6.63. The number of aliphatic imine (C=N–C) groups is 1. The van der Waals surface area contributed by atoms with Crippen molar-refractivity contribution in [2.24, 2.45) is 16.0 Å². The highest BCUT2D eigenvalue weighted by Gasteiger charge is 2.25. The molecule has 0 unspecified atom stereocenters. The highest BCUT2D eigenvalue weighted by Crippen LogP contribution is 2.20. The molecule has 53 heavy (non-hydrogen) atoms. The van der Waals surface area contributed by atoms with E-state index in [0.29, 0.717) is 41.8 Å². The number of hydrogen-bond donors (Lipinski definition) is 4. The Morgan fingerprint density at radius 3 is 2.04 bits per heavy atom. The van der Waals surface area contributed by atoms with Crippen molar-refractivity contribution >= 4 is 42.5 Å². The maximum atomic E-state index is 13.8. The second-order valence-corrected chi connectivity index (χ2v) is 11.8. The van der Waals surface area contributed by atoms with E-state index < -0.39 is 23.3 Å². The van der Waals surface area contributed by atoms with Crippen LogP contribution in [0.4, 0.5) is 0 Å². The monoisotopic (exact) mass is 738 g/mol. The lowest BCUT2D eigenvalue weighted by Gasteiger charge is -2.31. The molecular weight excluding hydrogens is 670 g/mol. The van der Waals surface area contributed by atoms with Crippen molar-refractivity contribution in [1.29, 1.82) is 5.41 Å². The minimum Gasteiger partial charge on any atom is -0.504 e. The molecule has 1 rings (SSSR count). The van der Waals surface area contributed by atoms with Crippen LogP contribution in [0.15, 0.2) is 75.6 Å². The summed E-state index contributed by atoms with van der Waals surface area (Å²) in [6.45, 7) is 32.8. The molecule has 1 aromatic carbocycles. The quantitative estimate of drug-likeness (QED) is 0.0297. The van der Waals surface area contributed by atoms with E-state index in [1.54, 1.807) is 15.9 Å². The van der Waals surface area contributed by atoms with Crippen molar-refractivity contribution in [3.63, 3.8) is 0 Å². The Labute approximate surface area is 319 Å². The van der Waals surface area contributed by atoms with E-state index in [2.05, 4.69) is 67.9 Å². The van der Waals surface area contributed by atoms with Crippen LogP contribution in [0.3, 0.4) is 0 Å². The minimum absolute atomic E-state index is 0.0246. The normalized spacial score (nSPS) is 11.2. The van der Waals surface area contributed by atoms with Crippen molar-refractivity contribution in [3.05, 3.63) is 82.2 Å². The molecule has 0 bridgehead atoms. The molecule has 0 heterocycles. The lowest BCUT2D eigenvalue weighted by Crippen LogP contribution is -2.42. The summed E-state index contributed by atoms with van der Waals surface area (Å²) < 4.78 is 0. The molecule has 12 nitrogen and oxygen atoms in total. The van der Waals surface area contributed by atoms with Crippen molar-refractivity contribution in [2.75, 3.05) is 26.2 Å². The van der Waals surface area contributed by atoms with Crippen molar-refractivity contribution in [3.8, 4) is 0 Å². The first-order valence-corrected chi connectivity index (χ1v) is 18.2. The fourth-order valence-corrected chi connectivity index (χ4v) is 4.14. The lowest BCUT2D eigenvalue weighted by atomic mass is 9.97. The van der Waals surface area contributed by atoms with Crippen LogP contribution >= 0.6 is 0 Å². The number of nitrogens with one attached hydrogen (secondary N) is 3. The zero-order valence-corrected chi connectivity index (χ0v) is 34.6. The molecule has 0 atom stereocenters. The number of allylic oxidation sites excluding steroid dienone is 4. The number of aliphatic hydroxyl groups is 1. The molecule has 0 aromatic heterocycles. The number of carbonyl (C=O) groups excluding carboxylic acids is 4. The van der Waals surface area contributed by atoms with Crippen LogP contribution < -0.4 is 10.7 Å². The summed E-state index contributed by atoms with van der Waals surface area (Å²) >= 11 is 0. The van der Waals surface area contributed by atoms with E-state index in [9.17, 15) is 24.3 Å². The summed E-state index contributed by atoms with van der Waals surface area (Å²) in [5.41, 5.74) is 6.73. The number of amides is 2. The van der Waals surface area contributed by atoms with Crippen LogP contribution in [0.2, 0.25) is 0 Å². The van der Waals surface area contributed by atoms with E-state index in [4.69, 9.17) is 5.41 Å². The van der Waals surface area contributed by atoms with Gasteiger partial charge in [0, 0.05) is 30.9 Å². The molecule has 1 aromatic rings. The van der Waals surface area contributed by atoms with Crippen molar-refractivity contribution in [1.82, 2.24) is 20.5 Å². The minimum atomic E-state index is -0.824. The van der Waals surface area contributed by atoms with E-state index >= 15 is 0 Å². The lowest BCUT2D eigenvalue weighted by molar-refractivity contribution is -0.119. The van der Waals surface area contributed by atoms with Crippen LogP contribution in [0.5, 0.6) is 0 Å².